The van der Waals surface area contributed by atoms with Crippen molar-refractivity contribution in [3.63, 3.8) is 0 Å². The van der Waals surface area contributed by atoms with Gasteiger partial charge in [-0.05, 0) is 36.8 Å². The van der Waals surface area contributed by atoms with Gasteiger partial charge in [0.25, 0.3) is 0 Å². The van der Waals surface area contributed by atoms with E-state index in [1.165, 1.54) is 0 Å². The number of hydrogen-bond donors (Lipinski definition) is 2. The van der Waals surface area contributed by atoms with Crippen LogP contribution in [0.5, 0.6) is 5.75 Å². The fourth-order valence-corrected chi connectivity index (χ4v) is 2.82. The largest absolute Gasteiger partial charge is 0.497 e. The number of methoxy groups -OCH3 is 1. The molecule has 0 radical (unpaired) electrons. The molecule has 7 nitrogen and oxygen atoms in total. The van der Waals surface area contributed by atoms with E-state index < -0.39 is 0 Å². The van der Waals surface area contributed by atoms with E-state index in [-0.39, 0.29) is 24.0 Å². The van der Waals surface area contributed by atoms with Crippen molar-refractivity contribution in [3.8, 4) is 17.1 Å². The molecule has 160 valence electrons. The Bertz CT molecular complexity index is 947. The summed E-state index contributed by atoms with van der Waals surface area (Å²) in [5.41, 5.74) is 1.93. The molecule has 0 saturated heterocycles. The van der Waals surface area contributed by atoms with Gasteiger partial charge in [-0.15, -0.1) is 24.0 Å². The second-order valence-corrected chi connectivity index (χ2v) is 6.68. The Morgan fingerprint density at radius 2 is 1.97 bits per heavy atom. The van der Waals surface area contributed by atoms with Gasteiger partial charge in [-0.3, -0.25) is 0 Å². The lowest BCUT2D eigenvalue weighted by Gasteiger charge is -2.10. The predicted octanol–water partition coefficient (Wildman–Crippen LogP) is 4.31. The highest BCUT2D eigenvalue weighted by atomic mass is 127. The number of nitrogens with one attached hydrogen (secondary N) is 2. The van der Waals surface area contributed by atoms with Gasteiger partial charge < -0.3 is 19.9 Å². The number of guanidine groups is 1. The van der Waals surface area contributed by atoms with Crippen LogP contribution in [0.2, 0.25) is 5.02 Å². The maximum Gasteiger partial charge on any atom is 0.228 e. The third-order valence-corrected chi connectivity index (χ3v) is 4.34. The van der Waals surface area contributed by atoms with Gasteiger partial charge in [0.15, 0.2) is 5.96 Å². The number of benzene rings is 2. The van der Waals surface area contributed by atoms with Crippen molar-refractivity contribution >= 4 is 41.5 Å². The zero-order valence-corrected chi connectivity index (χ0v) is 20.0. The van der Waals surface area contributed by atoms with E-state index in [1.807, 2.05) is 55.5 Å². The van der Waals surface area contributed by atoms with Crippen LogP contribution < -0.4 is 15.4 Å². The summed E-state index contributed by atoms with van der Waals surface area (Å²) in [5, 5.41) is 11.2. The molecule has 0 fully saturated rings. The minimum atomic E-state index is 0. The van der Waals surface area contributed by atoms with E-state index in [4.69, 9.17) is 20.9 Å². The van der Waals surface area contributed by atoms with E-state index in [0.29, 0.717) is 36.2 Å². The Hall–Kier alpha value is -2.33. The zero-order chi connectivity index (χ0) is 20.5. The second-order valence-electron chi connectivity index (χ2n) is 6.24. The van der Waals surface area contributed by atoms with Gasteiger partial charge >= 0.3 is 0 Å². The van der Waals surface area contributed by atoms with Gasteiger partial charge in [-0.25, -0.2) is 4.99 Å². The Kier molecular flexibility index (Phi) is 9.88. The molecule has 0 aliphatic rings. The number of aliphatic imine (C=N–C) groups is 1. The monoisotopic (exact) mass is 541 g/mol. The number of nitrogens with zero attached hydrogens (tertiary/aromatic N) is 3. The minimum Gasteiger partial charge on any atom is -0.497 e. The Labute approximate surface area is 198 Å². The molecule has 9 heteroatoms. The molecule has 0 aliphatic heterocycles. The van der Waals surface area contributed by atoms with Crippen molar-refractivity contribution < 1.29 is 9.26 Å². The van der Waals surface area contributed by atoms with Crippen molar-refractivity contribution in [2.24, 2.45) is 4.99 Å². The first kappa shape index (κ1) is 23.9. The van der Waals surface area contributed by atoms with E-state index >= 15 is 0 Å². The van der Waals surface area contributed by atoms with Crippen molar-refractivity contribution in [3.05, 3.63) is 65.0 Å². The Balaban J connectivity index is 0.00000320. The lowest BCUT2D eigenvalue weighted by Crippen LogP contribution is -2.38. The molecule has 0 unspecified atom stereocenters. The van der Waals surface area contributed by atoms with Crippen molar-refractivity contribution in [2.75, 3.05) is 20.2 Å². The van der Waals surface area contributed by atoms with Gasteiger partial charge in [-0.2, -0.15) is 4.98 Å². The average Bonchev–Trinajstić information content (AvgIpc) is 3.21. The van der Waals surface area contributed by atoms with Crippen LogP contribution in [0.1, 0.15) is 18.4 Å². The van der Waals surface area contributed by atoms with Crippen LogP contribution in [0.25, 0.3) is 11.4 Å². The molecule has 0 aliphatic carbocycles. The van der Waals surface area contributed by atoms with Gasteiger partial charge in [0.2, 0.25) is 11.7 Å². The molecule has 0 amide bonds. The lowest BCUT2D eigenvalue weighted by atomic mass is 10.2. The number of aromatic nitrogens is 2. The van der Waals surface area contributed by atoms with Crippen LogP contribution in [-0.4, -0.2) is 36.3 Å². The second kappa shape index (κ2) is 12.4. The minimum absolute atomic E-state index is 0. The van der Waals surface area contributed by atoms with Crippen molar-refractivity contribution in [2.45, 2.75) is 19.9 Å². The summed E-state index contributed by atoms with van der Waals surface area (Å²) >= 11 is 6.02. The lowest BCUT2D eigenvalue weighted by molar-refractivity contribution is 0.378. The Morgan fingerprint density at radius 1 is 1.17 bits per heavy atom. The summed E-state index contributed by atoms with van der Waals surface area (Å²) in [5.74, 6) is 2.65. The molecule has 30 heavy (non-hydrogen) atoms. The fourth-order valence-electron chi connectivity index (χ4n) is 2.63. The van der Waals surface area contributed by atoms with Crippen LogP contribution in [0, 0.1) is 0 Å². The first-order valence-electron chi connectivity index (χ1n) is 9.41. The van der Waals surface area contributed by atoms with E-state index in [9.17, 15) is 0 Å². The van der Waals surface area contributed by atoms with Crippen LogP contribution in [0.15, 0.2) is 58.0 Å². The summed E-state index contributed by atoms with van der Waals surface area (Å²) in [6, 6.07) is 15.2. The van der Waals surface area contributed by atoms with Crippen LogP contribution in [0.4, 0.5) is 0 Å². The highest BCUT2D eigenvalue weighted by Gasteiger charge is 2.09. The fraction of sp³-hybridized carbons (Fsp3) is 0.286. The molecule has 3 rings (SSSR count). The molecule has 1 aromatic heterocycles. The normalized spacial score (nSPS) is 11.0. The smallest absolute Gasteiger partial charge is 0.228 e. The number of rotatable bonds is 8. The van der Waals surface area contributed by atoms with Crippen molar-refractivity contribution in [1.29, 1.82) is 0 Å². The van der Waals surface area contributed by atoms with Crippen LogP contribution in [0.3, 0.4) is 0 Å². The first-order chi connectivity index (χ1) is 14.2. The molecule has 0 bridgehead atoms. The van der Waals surface area contributed by atoms with Gasteiger partial charge in [0, 0.05) is 30.1 Å². The molecule has 3 aromatic rings. The molecule has 0 saturated carbocycles. The predicted molar refractivity (Wildman–Crippen MR) is 130 cm³/mol. The Morgan fingerprint density at radius 3 is 2.67 bits per heavy atom. The molecular formula is C21H25ClIN5O2. The summed E-state index contributed by atoms with van der Waals surface area (Å²) in [4.78, 5) is 9.03. The summed E-state index contributed by atoms with van der Waals surface area (Å²) < 4.78 is 10.5. The highest BCUT2D eigenvalue weighted by molar-refractivity contribution is 14.0. The first-order valence-corrected chi connectivity index (χ1v) is 9.79. The molecule has 2 N–H and O–H groups in total. The molecule has 0 atom stereocenters. The third-order valence-electron chi connectivity index (χ3n) is 4.11. The van der Waals surface area contributed by atoms with Crippen molar-refractivity contribution in [1.82, 2.24) is 20.8 Å². The highest BCUT2D eigenvalue weighted by Crippen LogP contribution is 2.19. The number of halogens is 2. The van der Waals surface area contributed by atoms with E-state index in [2.05, 4.69) is 25.8 Å². The molecular weight excluding hydrogens is 517 g/mol. The summed E-state index contributed by atoms with van der Waals surface area (Å²) in [6.45, 7) is 3.98. The van der Waals surface area contributed by atoms with Gasteiger partial charge in [0.05, 0.1) is 13.7 Å². The molecule has 0 spiro atoms. The molecule has 2 aromatic carbocycles. The summed E-state index contributed by atoms with van der Waals surface area (Å²) in [6.07, 6.45) is 0.584. The SMILES string of the molecule is CCNC(=NCc1ccc(OC)cc1)NCCc1nc(-c2cccc(Cl)c2)no1.I. The van der Waals surface area contributed by atoms with E-state index in [1.54, 1.807) is 7.11 Å². The maximum absolute atomic E-state index is 6.02. The van der Waals surface area contributed by atoms with Gasteiger partial charge in [0.1, 0.15) is 5.75 Å². The molecule has 1 heterocycles. The quantitative estimate of drug-likeness (QED) is 0.251. The van der Waals surface area contributed by atoms with E-state index in [0.717, 1.165) is 29.4 Å². The maximum atomic E-state index is 6.02. The standard InChI is InChI=1S/C21H24ClN5O2.HI/c1-3-23-21(25-14-15-7-9-18(28-2)10-8-15)24-12-11-19-26-20(27-29-19)16-5-4-6-17(22)13-16;/h4-10,13H,3,11-12,14H2,1-2H3,(H2,23,24,25);1H. The van der Waals surface area contributed by atoms with Crippen LogP contribution >= 0.6 is 35.6 Å². The van der Waals surface area contributed by atoms with Gasteiger partial charge in [-0.1, -0.05) is 41.0 Å². The van der Waals surface area contributed by atoms with Crippen LogP contribution in [-0.2, 0) is 13.0 Å². The topological polar surface area (TPSA) is 84.6 Å². The third kappa shape index (κ3) is 7.17. The summed E-state index contributed by atoms with van der Waals surface area (Å²) in [7, 11) is 1.65. The number of hydrogen-bond acceptors (Lipinski definition) is 5. The number of ether oxygens (including phenoxy) is 1. The zero-order valence-electron chi connectivity index (χ0n) is 16.9. The average molecular weight is 542 g/mol.